The van der Waals surface area contributed by atoms with E-state index in [1.54, 1.807) is 0 Å². The van der Waals surface area contributed by atoms with E-state index in [1.165, 1.54) is 36.0 Å². The second-order valence-electron chi connectivity index (χ2n) is 4.64. The Labute approximate surface area is 116 Å². The van der Waals surface area contributed by atoms with E-state index in [1.807, 2.05) is 39.8 Å². The van der Waals surface area contributed by atoms with Crippen molar-refractivity contribution >= 4 is 5.97 Å². The number of carbonyl (C=O) groups is 1. The zero-order valence-corrected chi connectivity index (χ0v) is 12.6. The predicted molar refractivity (Wildman–Crippen MR) is 80.1 cm³/mol. The maximum atomic E-state index is 11.0. The van der Waals surface area contributed by atoms with Gasteiger partial charge < -0.3 is 5.11 Å². The fourth-order valence-electron chi connectivity index (χ4n) is 3.14. The van der Waals surface area contributed by atoms with Crippen molar-refractivity contribution in [3.63, 3.8) is 0 Å². The lowest BCUT2D eigenvalue weighted by Gasteiger charge is -2.22. The fourth-order valence-corrected chi connectivity index (χ4v) is 3.14. The summed E-state index contributed by atoms with van der Waals surface area (Å²) in [7, 11) is 0. The number of carboxylic acids is 1. The molecule has 3 rings (SSSR count). The van der Waals surface area contributed by atoms with Crippen molar-refractivity contribution < 1.29 is 9.90 Å². The van der Waals surface area contributed by atoms with E-state index in [4.69, 9.17) is 5.11 Å². The third kappa shape index (κ3) is 3.17. The molecule has 0 saturated heterocycles. The van der Waals surface area contributed by atoms with Crippen LogP contribution in [0.2, 0.25) is 0 Å². The Morgan fingerprint density at radius 2 is 1.63 bits per heavy atom. The molecule has 0 bridgehead atoms. The van der Waals surface area contributed by atoms with E-state index < -0.39 is 5.97 Å². The van der Waals surface area contributed by atoms with E-state index in [-0.39, 0.29) is 0 Å². The minimum atomic E-state index is -0.789. The lowest BCUT2D eigenvalue weighted by molar-refractivity contribution is 0.0696. The molecule has 1 unspecified atom stereocenters. The summed E-state index contributed by atoms with van der Waals surface area (Å²) in [5.74, 6) is -0.0605. The molecular formula is C17H26O2. The zero-order valence-electron chi connectivity index (χ0n) is 12.6. The van der Waals surface area contributed by atoms with E-state index in [9.17, 15) is 4.79 Å². The van der Waals surface area contributed by atoms with Gasteiger partial charge in [0.15, 0.2) is 0 Å². The molecule has 1 atom stereocenters. The van der Waals surface area contributed by atoms with Crippen molar-refractivity contribution in [1.29, 1.82) is 0 Å². The monoisotopic (exact) mass is 262 g/mol. The summed E-state index contributed by atoms with van der Waals surface area (Å²) in [5.41, 5.74) is 4.57. The molecule has 1 aromatic rings. The normalized spacial score (nSPS) is 18.4. The van der Waals surface area contributed by atoms with Crippen LogP contribution in [0, 0.1) is 0 Å². The summed E-state index contributed by atoms with van der Waals surface area (Å²) in [6, 6.07) is 3.77. The van der Waals surface area contributed by atoms with Crippen LogP contribution < -0.4 is 0 Å². The van der Waals surface area contributed by atoms with Gasteiger partial charge in [0.05, 0.1) is 5.56 Å². The first kappa shape index (κ1) is 15.7. The van der Waals surface area contributed by atoms with Gasteiger partial charge in [0.2, 0.25) is 0 Å². The molecule has 2 heteroatoms. The molecule has 2 aliphatic rings. The summed E-state index contributed by atoms with van der Waals surface area (Å²) < 4.78 is 0. The molecule has 0 radical (unpaired) electrons. The first-order valence-corrected chi connectivity index (χ1v) is 7.64. The van der Waals surface area contributed by atoms with Gasteiger partial charge in [-0.3, -0.25) is 0 Å². The predicted octanol–water partition coefficient (Wildman–Crippen LogP) is 4.80. The first-order valence-electron chi connectivity index (χ1n) is 7.64. The summed E-state index contributed by atoms with van der Waals surface area (Å²) in [6.45, 7) is 8.00. The van der Waals surface area contributed by atoms with Crippen LogP contribution in [-0.4, -0.2) is 11.1 Å². The summed E-state index contributed by atoms with van der Waals surface area (Å²) >= 11 is 0. The highest BCUT2D eigenvalue weighted by Gasteiger charge is 2.29. The van der Waals surface area contributed by atoms with E-state index >= 15 is 0 Å². The largest absolute Gasteiger partial charge is 0.478 e. The first-order chi connectivity index (χ1) is 9.25. The Kier molecular flexibility index (Phi) is 6.07. The minimum absolute atomic E-state index is 0.478. The third-order valence-electron chi connectivity index (χ3n) is 3.77. The van der Waals surface area contributed by atoms with Crippen molar-refractivity contribution in [2.45, 2.75) is 65.7 Å². The lowest BCUT2D eigenvalue weighted by Crippen LogP contribution is -2.09. The number of aromatic carboxylic acids is 1. The quantitative estimate of drug-likeness (QED) is 0.789. The smallest absolute Gasteiger partial charge is 0.335 e. The topological polar surface area (TPSA) is 37.3 Å². The molecule has 0 aliphatic heterocycles. The highest BCUT2D eigenvalue weighted by Crippen LogP contribution is 2.42. The van der Waals surface area contributed by atoms with Crippen LogP contribution >= 0.6 is 0 Å². The molecule has 2 aliphatic carbocycles. The van der Waals surface area contributed by atoms with Gasteiger partial charge >= 0.3 is 5.97 Å². The van der Waals surface area contributed by atoms with E-state index in [0.717, 1.165) is 18.8 Å². The van der Waals surface area contributed by atoms with Crippen LogP contribution in [0.15, 0.2) is 12.1 Å². The van der Waals surface area contributed by atoms with Gasteiger partial charge in [0, 0.05) is 0 Å². The Morgan fingerprint density at radius 3 is 2.21 bits per heavy atom. The number of hydrogen-bond donors (Lipinski definition) is 1. The van der Waals surface area contributed by atoms with Gasteiger partial charge in [0.1, 0.15) is 0 Å². The third-order valence-corrected chi connectivity index (χ3v) is 3.77. The lowest BCUT2D eigenvalue weighted by atomic mass is 9.83. The molecule has 0 heterocycles. The molecule has 106 valence electrons. The van der Waals surface area contributed by atoms with E-state index in [2.05, 4.69) is 0 Å². The van der Waals surface area contributed by atoms with Crippen molar-refractivity contribution in [2.75, 3.05) is 0 Å². The molecule has 1 aromatic carbocycles. The average Bonchev–Trinajstić information content (AvgIpc) is 2.88. The van der Waals surface area contributed by atoms with Gasteiger partial charge in [-0.2, -0.15) is 0 Å². The standard InChI is InChI=1S/C13H14O2.2C2H6/c14-13(15)11-6-9-3-1-2-8-4-5-10(7-11)12(8)9;2*1-2/h6-8H,1-5H2,(H,14,15);2*1-2H3. The Bertz CT molecular complexity index is 435. The minimum Gasteiger partial charge on any atom is -0.478 e. The van der Waals surface area contributed by atoms with Crippen molar-refractivity contribution in [1.82, 2.24) is 0 Å². The molecule has 0 aromatic heterocycles. The van der Waals surface area contributed by atoms with Gasteiger partial charge in [-0.05, 0) is 66.8 Å². The number of aryl methyl sites for hydroxylation is 2. The number of benzene rings is 1. The van der Waals surface area contributed by atoms with E-state index in [0.29, 0.717) is 5.56 Å². The van der Waals surface area contributed by atoms with Crippen LogP contribution in [0.25, 0.3) is 0 Å². The highest BCUT2D eigenvalue weighted by atomic mass is 16.4. The van der Waals surface area contributed by atoms with Crippen molar-refractivity contribution in [3.05, 3.63) is 34.4 Å². The van der Waals surface area contributed by atoms with Gasteiger partial charge in [-0.25, -0.2) is 4.79 Å². The maximum absolute atomic E-state index is 11.0. The van der Waals surface area contributed by atoms with Gasteiger partial charge in [-0.15, -0.1) is 0 Å². The Morgan fingerprint density at radius 1 is 1.05 bits per heavy atom. The fraction of sp³-hybridized carbons (Fsp3) is 0.588. The molecular weight excluding hydrogens is 236 g/mol. The van der Waals surface area contributed by atoms with Crippen LogP contribution in [-0.2, 0) is 12.8 Å². The number of carboxylic acid groups (broad SMARTS) is 1. The van der Waals surface area contributed by atoms with Crippen LogP contribution in [0.4, 0.5) is 0 Å². The van der Waals surface area contributed by atoms with Gasteiger partial charge in [-0.1, -0.05) is 27.7 Å². The molecule has 0 fully saturated rings. The second kappa shape index (κ2) is 7.32. The van der Waals surface area contributed by atoms with Crippen LogP contribution in [0.1, 0.15) is 79.9 Å². The van der Waals surface area contributed by atoms with Crippen LogP contribution in [0.3, 0.4) is 0 Å². The van der Waals surface area contributed by atoms with Crippen molar-refractivity contribution in [3.8, 4) is 0 Å². The molecule has 0 spiro atoms. The summed E-state index contributed by atoms with van der Waals surface area (Å²) in [4.78, 5) is 11.0. The SMILES string of the molecule is CC.CC.O=C(O)c1cc2c3c(c1)CCC3CCC2. The summed E-state index contributed by atoms with van der Waals surface area (Å²) in [6.07, 6.45) is 5.89. The Balaban J connectivity index is 0.000000415. The molecule has 19 heavy (non-hydrogen) atoms. The maximum Gasteiger partial charge on any atom is 0.335 e. The number of rotatable bonds is 1. The second-order valence-corrected chi connectivity index (χ2v) is 4.64. The zero-order chi connectivity index (χ0) is 14.4. The average molecular weight is 262 g/mol. The molecule has 1 N–H and O–H groups in total. The van der Waals surface area contributed by atoms with Crippen molar-refractivity contribution in [2.24, 2.45) is 0 Å². The molecule has 0 saturated carbocycles. The molecule has 0 amide bonds. The summed E-state index contributed by atoms with van der Waals surface area (Å²) in [5, 5.41) is 9.02. The molecule has 2 nitrogen and oxygen atoms in total. The Hall–Kier alpha value is -1.31. The number of hydrogen-bond acceptors (Lipinski definition) is 1. The highest BCUT2D eigenvalue weighted by molar-refractivity contribution is 5.88. The van der Waals surface area contributed by atoms with Crippen LogP contribution in [0.5, 0.6) is 0 Å². The van der Waals surface area contributed by atoms with Gasteiger partial charge in [0.25, 0.3) is 0 Å².